The fraction of sp³-hybridized carbons (Fsp3) is 0.273. The third-order valence-corrected chi connectivity index (χ3v) is 4.14. The second-order valence-corrected chi connectivity index (χ2v) is 7.84. The van der Waals surface area contributed by atoms with Crippen LogP contribution in [0, 0.1) is 5.82 Å². The van der Waals surface area contributed by atoms with E-state index >= 15 is 0 Å². The Morgan fingerprint density at radius 3 is 2.32 bits per heavy atom. The van der Waals surface area contributed by atoms with Crippen LogP contribution in [-0.2, 0) is 9.53 Å². The SMILES string of the molecule is C[C@H](NC(=O)OC(C)(C)C)C(=O)Nc1onc(-c2ccc(F)cc2)c1-c1ccncc1. The van der Waals surface area contributed by atoms with Crippen LogP contribution in [0.5, 0.6) is 0 Å². The van der Waals surface area contributed by atoms with E-state index in [2.05, 4.69) is 20.8 Å². The minimum atomic E-state index is -0.903. The number of aromatic nitrogens is 2. The highest BCUT2D eigenvalue weighted by molar-refractivity contribution is 6.00. The molecular formula is C22H23FN4O4. The summed E-state index contributed by atoms with van der Waals surface area (Å²) in [5, 5.41) is 9.19. The summed E-state index contributed by atoms with van der Waals surface area (Å²) >= 11 is 0. The average molecular weight is 426 g/mol. The fourth-order valence-electron chi connectivity index (χ4n) is 2.74. The van der Waals surface area contributed by atoms with Gasteiger partial charge in [0.2, 0.25) is 11.8 Å². The molecule has 0 saturated heterocycles. The van der Waals surface area contributed by atoms with Gasteiger partial charge in [-0.25, -0.2) is 9.18 Å². The Balaban J connectivity index is 1.87. The van der Waals surface area contributed by atoms with E-state index < -0.39 is 23.6 Å². The van der Waals surface area contributed by atoms with E-state index in [0.717, 1.165) is 0 Å². The number of benzene rings is 1. The Bertz CT molecular complexity index is 1060. The van der Waals surface area contributed by atoms with E-state index in [1.807, 2.05) is 0 Å². The van der Waals surface area contributed by atoms with E-state index in [4.69, 9.17) is 9.26 Å². The summed E-state index contributed by atoms with van der Waals surface area (Å²) < 4.78 is 23.9. The number of halogens is 1. The Morgan fingerprint density at radius 1 is 1.06 bits per heavy atom. The van der Waals surface area contributed by atoms with Gasteiger partial charge in [-0.1, -0.05) is 5.16 Å². The molecule has 8 nitrogen and oxygen atoms in total. The van der Waals surface area contributed by atoms with Crippen molar-refractivity contribution in [2.24, 2.45) is 0 Å². The lowest BCUT2D eigenvalue weighted by atomic mass is 10.0. The summed E-state index contributed by atoms with van der Waals surface area (Å²) in [4.78, 5) is 28.6. The van der Waals surface area contributed by atoms with Gasteiger partial charge in [0.05, 0.1) is 5.56 Å². The topological polar surface area (TPSA) is 106 Å². The fourth-order valence-corrected chi connectivity index (χ4v) is 2.74. The van der Waals surface area contributed by atoms with Gasteiger partial charge >= 0.3 is 6.09 Å². The van der Waals surface area contributed by atoms with Gasteiger partial charge in [-0.2, -0.15) is 0 Å². The van der Waals surface area contributed by atoms with Crippen molar-refractivity contribution >= 4 is 17.9 Å². The monoisotopic (exact) mass is 426 g/mol. The number of hydrogen-bond donors (Lipinski definition) is 2. The Labute approximate surface area is 178 Å². The van der Waals surface area contributed by atoms with E-state index in [-0.39, 0.29) is 11.7 Å². The van der Waals surface area contributed by atoms with Crippen molar-refractivity contribution in [1.82, 2.24) is 15.5 Å². The summed E-state index contributed by atoms with van der Waals surface area (Å²) in [6.07, 6.45) is 2.47. The van der Waals surface area contributed by atoms with Gasteiger partial charge in [-0.05, 0) is 69.7 Å². The molecule has 162 valence electrons. The molecule has 3 aromatic rings. The molecule has 0 aliphatic rings. The Kier molecular flexibility index (Phi) is 6.33. The van der Waals surface area contributed by atoms with Gasteiger partial charge in [-0.15, -0.1) is 0 Å². The van der Waals surface area contributed by atoms with Crippen LogP contribution in [0.4, 0.5) is 15.1 Å². The number of pyridine rings is 1. The van der Waals surface area contributed by atoms with Crippen LogP contribution in [0.3, 0.4) is 0 Å². The quantitative estimate of drug-likeness (QED) is 0.627. The summed E-state index contributed by atoms with van der Waals surface area (Å²) in [7, 11) is 0. The number of rotatable bonds is 5. The number of carbonyl (C=O) groups is 2. The highest BCUT2D eigenvalue weighted by Gasteiger charge is 2.25. The maximum Gasteiger partial charge on any atom is 0.408 e. The molecule has 2 heterocycles. The predicted octanol–water partition coefficient (Wildman–Crippen LogP) is 4.39. The van der Waals surface area contributed by atoms with Crippen LogP contribution in [-0.4, -0.2) is 33.8 Å². The van der Waals surface area contributed by atoms with Crippen LogP contribution in [0.1, 0.15) is 27.7 Å². The molecule has 0 unspecified atom stereocenters. The zero-order valence-electron chi connectivity index (χ0n) is 17.6. The number of carbonyl (C=O) groups excluding carboxylic acids is 2. The predicted molar refractivity (Wildman–Crippen MR) is 113 cm³/mol. The number of anilines is 1. The zero-order valence-corrected chi connectivity index (χ0v) is 17.6. The molecule has 0 aliphatic heterocycles. The van der Waals surface area contributed by atoms with Crippen LogP contribution >= 0.6 is 0 Å². The van der Waals surface area contributed by atoms with E-state index in [0.29, 0.717) is 22.4 Å². The standard InChI is InChI=1S/C22H23FN4O4/c1-13(25-21(29)30-22(2,3)4)19(28)26-20-17(14-9-11-24-12-10-14)18(27-31-20)15-5-7-16(23)8-6-15/h5-13H,1-4H3,(H,25,29)(H,26,28)/t13-/m0/s1. The van der Waals surface area contributed by atoms with Crippen LogP contribution in [0.25, 0.3) is 22.4 Å². The van der Waals surface area contributed by atoms with Gasteiger partial charge in [0.15, 0.2) is 0 Å². The third-order valence-electron chi connectivity index (χ3n) is 4.14. The molecule has 3 rings (SSSR count). The number of alkyl carbamates (subject to hydrolysis) is 1. The molecule has 0 radical (unpaired) electrons. The Hall–Kier alpha value is -3.75. The van der Waals surface area contributed by atoms with E-state index in [9.17, 15) is 14.0 Å². The van der Waals surface area contributed by atoms with Crippen molar-refractivity contribution in [1.29, 1.82) is 0 Å². The molecule has 31 heavy (non-hydrogen) atoms. The molecule has 0 spiro atoms. The molecule has 2 amide bonds. The molecule has 2 aromatic heterocycles. The van der Waals surface area contributed by atoms with Crippen molar-refractivity contribution < 1.29 is 23.2 Å². The summed E-state index contributed by atoms with van der Waals surface area (Å²) in [6, 6.07) is 8.32. The molecule has 1 aromatic carbocycles. The van der Waals surface area contributed by atoms with Crippen LogP contribution in [0.15, 0.2) is 53.3 Å². The normalized spacial score (nSPS) is 12.2. The highest BCUT2D eigenvalue weighted by atomic mass is 19.1. The van der Waals surface area contributed by atoms with Gasteiger partial charge in [-0.3, -0.25) is 15.1 Å². The number of nitrogens with zero attached hydrogens (tertiary/aromatic N) is 2. The minimum Gasteiger partial charge on any atom is -0.444 e. The van der Waals surface area contributed by atoms with Crippen molar-refractivity contribution in [3.8, 4) is 22.4 Å². The van der Waals surface area contributed by atoms with E-state index in [1.165, 1.54) is 19.1 Å². The van der Waals surface area contributed by atoms with Crippen molar-refractivity contribution in [3.05, 3.63) is 54.6 Å². The van der Waals surface area contributed by atoms with Crippen molar-refractivity contribution in [3.63, 3.8) is 0 Å². The maximum absolute atomic E-state index is 13.3. The summed E-state index contributed by atoms with van der Waals surface area (Å²) in [5.74, 6) is -0.815. The van der Waals surface area contributed by atoms with Gasteiger partial charge in [0, 0.05) is 18.0 Å². The minimum absolute atomic E-state index is 0.0911. The molecule has 0 saturated carbocycles. The number of amides is 2. The van der Waals surface area contributed by atoms with Crippen LogP contribution < -0.4 is 10.6 Å². The van der Waals surface area contributed by atoms with Gasteiger partial charge in [0.1, 0.15) is 23.2 Å². The molecule has 2 N–H and O–H groups in total. The lowest BCUT2D eigenvalue weighted by molar-refractivity contribution is -0.117. The molecular weight excluding hydrogens is 403 g/mol. The first kappa shape index (κ1) is 21.9. The lowest BCUT2D eigenvalue weighted by Crippen LogP contribution is -2.44. The highest BCUT2D eigenvalue weighted by Crippen LogP contribution is 2.37. The molecule has 0 bridgehead atoms. The first-order chi connectivity index (χ1) is 14.6. The second kappa shape index (κ2) is 8.95. The first-order valence-electron chi connectivity index (χ1n) is 9.60. The zero-order chi connectivity index (χ0) is 22.6. The van der Waals surface area contributed by atoms with Crippen LogP contribution in [0.2, 0.25) is 0 Å². The first-order valence-corrected chi connectivity index (χ1v) is 9.60. The number of hydrogen-bond acceptors (Lipinski definition) is 6. The summed E-state index contributed by atoms with van der Waals surface area (Å²) in [5.41, 5.74) is 1.54. The smallest absolute Gasteiger partial charge is 0.408 e. The second-order valence-electron chi connectivity index (χ2n) is 7.84. The van der Waals surface area contributed by atoms with Crippen molar-refractivity contribution in [2.75, 3.05) is 5.32 Å². The third kappa shape index (κ3) is 5.65. The van der Waals surface area contributed by atoms with Gasteiger partial charge in [0.25, 0.3) is 0 Å². The number of ether oxygens (including phenoxy) is 1. The molecule has 0 aliphatic carbocycles. The van der Waals surface area contributed by atoms with Gasteiger partial charge < -0.3 is 14.6 Å². The molecule has 9 heteroatoms. The lowest BCUT2D eigenvalue weighted by Gasteiger charge is -2.21. The number of nitrogens with one attached hydrogen (secondary N) is 2. The average Bonchev–Trinajstić information content (AvgIpc) is 3.11. The van der Waals surface area contributed by atoms with E-state index in [1.54, 1.807) is 57.4 Å². The van der Waals surface area contributed by atoms with Crippen molar-refractivity contribution in [2.45, 2.75) is 39.3 Å². The molecule has 1 atom stereocenters. The maximum atomic E-state index is 13.3. The largest absolute Gasteiger partial charge is 0.444 e. The summed E-state index contributed by atoms with van der Waals surface area (Å²) in [6.45, 7) is 6.69. The molecule has 0 fully saturated rings. The Morgan fingerprint density at radius 2 is 1.71 bits per heavy atom.